The molecular weight excluding hydrogens is 321 g/mol. The van der Waals surface area contributed by atoms with Crippen LogP contribution in [0.5, 0.6) is 0 Å². The molecule has 1 saturated heterocycles. The normalized spacial score (nSPS) is 14.9. The first-order valence-electron chi connectivity index (χ1n) is 8.07. The van der Waals surface area contributed by atoms with E-state index in [1.807, 2.05) is 17.0 Å². The number of hydrogen-bond donors (Lipinski definition) is 1. The topological polar surface area (TPSA) is 85.0 Å². The minimum atomic E-state index is -0.292. The van der Waals surface area contributed by atoms with Crippen molar-refractivity contribution >= 4 is 28.6 Å². The number of nitrogen functional groups attached to an aromatic ring is 1. The first kappa shape index (κ1) is 15.4. The van der Waals surface area contributed by atoms with Gasteiger partial charge in [0.2, 0.25) is 5.95 Å². The lowest BCUT2D eigenvalue weighted by molar-refractivity contribution is -0.119. The molecule has 1 aromatic carbocycles. The zero-order chi connectivity index (χ0) is 17.4. The fraction of sp³-hybridized carbons (Fsp3) is 0.222. The number of fused-ring (bicyclic) bond motifs is 1. The van der Waals surface area contributed by atoms with Gasteiger partial charge in [0.1, 0.15) is 17.1 Å². The molecule has 0 unspecified atom stereocenters. The summed E-state index contributed by atoms with van der Waals surface area (Å²) in [6.45, 7) is 1.18. The Hall–Kier alpha value is -3.09. The predicted molar refractivity (Wildman–Crippen MR) is 93.6 cm³/mol. The van der Waals surface area contributed by atoms with Gasteiger partial charge < -0.3 is 10.6 Å². The number of carbonyl (C=O) groups is 1. The van der Waals surface area contributed by atoms with Crippen molar-refractivity contribution in [3.8, 4) is 11.3 Å². The van der Waals surface area contributed by atoms with Crippen molar-refractivity contribution in [2.75, 3.05) is 23.7 Å². The third-order valence-electron chi connectivity index (χ3n) is 4.30. The molecule has 0 aliphatic carbocycles. The van der Waals surface area contributed by atoms with Gasteiger partial charge in [-0.2, -0.15) is 4.98 Å². The number of hydrogen-bond acceptors (Lipinski definition) is 6. The van der Waals surface area contributed by atoms with Gasteiger partial charge in [-0.05, 0) is 36.4 Å². The summed E-state index contributed by atoms with van der Waals surface area (Å²) in [7, 11) is 0. The summed E-state index contributed by atoms with van der Waals surface area (Å²) in [5.74, 6) is 0.775. The second-order valence-corrected chi connectivity index (χ2v) is 6.00. The zero-order valence-corrected chi connectivity index (χ0v) is 13.4. The number of benzene rings is 1. The van der Waals surface area contributed by atoms with E-state index < -0.39 is 0 Å². The van der Waals surface area contributed by atoms with Crippen LogP contribution in [-0.2, 0) is 4.79 Å². The van der Waals surface area contributed by atoms with Crippen molar-refractivity contribution in [3.05, 3.63) is 42.2 Å². The highest BCUT2D eigenvalue weighted by atomic mass is 19.1. The highest BCUT2D eigenvalue weighted by Gasteiger charge is 2.21. The van der Waals surface area contributed by atoms with Gasteiger partial charge in [0.25, 0.3) is 0 Å². The summed E-state index contributed by atoms with van der Waals surface area (Å²) in [6, 6.07) is 9.82. The maximum atomic E-state index is 13.1. The molecule has 3 heterocycles. The number of piperidine rings is 1. The first-order valence-corrected chi connectivity index (χ1v) is 8.07. The summed E-state index contributed by atoms with van der Waals surface area (Å²) in [5, 5.41) is 0. The molecule has 0 atom stereocenters. The second-order valence-electron chi connectivity index (χ2n) is 6.00. The maximum absolute atomic E-state index is 13.1. The molecule has 1 fully saturated rings. The Labute approximate surface area is 143 Å². The van der Waals surface area contributed by atoms with Crippen molar-refractivity contribution in [1.82, 2.24) is 15.0 Å². The highest BCUT2D eigenvalue weighted by molar-refractivity contribution is 5.90. The van der Waals surface area contributed by atoms with Gasteiger partial charge in [-0.25, -0.2) is 14.4 Å². The van der Waals surface area contributed by atoms with Gasteiger partial charge in [0, 0.05) is 31.5 Å². The van der Waals surface area contributed by atoms with Crippen molar-refractivity contribution in [1.29, 1.82) is 0 Å². The number of aromatic nitrogens is 3. The van der Waals surface area contributed by atoms with Crippen LogP contribution in [0.2, 0.25) is 0 Å². The van der Waals surface area contributed by atoms with Gasteiger partial charge in [0.15, 0.2) is 5.82 Å². The molecule has 0 bridgehead atoms. The number of nitrogens with two attached hydrogens (primary N) is 1. The van der Waals surface area contributed by atoms with Gasteiger partial charge in [0.05, 0.1) is 11.2 Å². The Morgan fingerprint density at radius 2 is 1.68 bits per heavy atom. The average molecular weight is 337 g/mol. The van der Waals surface area contributed by atoms with Gasteiger partial charge in [-0.3, -0.25) is 4.79 Å². The van der Waals surface area contributed by atoms with Crippen LogP contribution in [0.1, 0.15) is 12.8 Å². The summed E-state index contributed by atoms with van der Waals surface area (Å²) in [5.41, 5.74) is 8.62. The monoisotopic (exact) mass is 337 g/mol. The van der Waals surface area contributed by atoms with E-state index >= 15 is 0 Å². The van der Waals surface area contributed by atoms with Crippen molar-refractivity contribution in [3.63, 3.8) is 0 Å². The SMILES string of the molecule is Nc1nc(N2CCC(=O)CC2)c2nc(-c3ccc(F)cc3)ccc2n1. The quantitative estimate of drug-likeness (QED) is 0.774. The van der Waals surface area contributed by atoms with Crippen LogP contribution in [-0.4, -0.2) is 33.8 Å². The lowest BCUT2D eigenvalue weighted by Crippen LogP contribution is -2.34. The number of nitrogens with zero attached hydrogens (tertiary/aromatic N) is 4. The van der Waals surface area contributed by atoms with Crippen LogP contribution in [0.15, 0.2) is 36.4 Å². The fourth-order valence-corrected chi connectivity index (χ4v) is 2.99. The van der Waals surface area contributed by atoms with Crippen molar-refractivity contribution in [2.45, 2.75) is 12.8 Å². The number of halogens is 1. The molecule has 0 saturated carbocycles. The third kappa shape index (κ3) is 3.00. The molecule has 0 radical (unpaired) electrons. The Balaban J connectivity index is 1.82. The predicted octanol–water partition coefficient (Wildman–Crippen LogP) is 2.58. The number of anilines is 2. The van der Waals surface area contributed by atoms with Gasteiger partial charge in [-0.15, -0.1) is 0 Å². The molecule has 2 aromatic heterocycles. The van der Waals surface area contributed by atoms with Crippen molar-refractivity contribution in [2.24, 2.45) is 0 Å². The van der Waals surface area contributed by atoms with Crippen molar-refractivity contribution < 1.29 is 9.18 Å². The van der Waals surface area contributed by atoms with E-state index in [9.17, 15) is 9.18 Å². The lowest BCUT2D eigenvalue weighted by Gasteiger charge is -2.27. The third-order valence-corrected chi connectivity index (χ3v) is 4.30. The minimum absolute atomic E-state index is 0.177. The fourth-order valence-electron chi connectivity index (χ4n) is 2.99. The van der Waals surface area contributed by atoms with E-state index in [4.69, 9.17) is 5.73 Å². The summed E-state index contributed by atoms with van der Waals surface area (Å²) in [6.07, 6.45) is 0.978. The first-order chi connectivity index (χ1) is 12.1. The van der Waals surface area contributed by atoms with Gasteiger partial charge in [-0.1, -0.05) is 0 Å². The Kier molecular flexibility index (Phi) is 3.76. The van der Waals surface area contributed by atoms with Crippen LogP contribution in [0.3, 0.4) is 0 Å². The summed E-state index contributed by atoms with van der Waals surface area (Å²) < 4.78 is 13.1. The van der Waals surface area contributed by atoms with E-state index in [1.54, 1.807) is 12.1 Å². The van der Waals surface area contributed by atoms with E-state index in [0.29, 0.717) is 48.5 Å². The van der Waals surface area contributed by atoms with Crippen LogP contribution < -0.4 is 10.6 Å². The molecule has 4 rings (SSSR count). The number of carbonyl (C=O) groups excluding carboxylic acids is 1. The van der Waals surface area contributed by atoms with Crippen LogP contribution in [0, 0.1) is 5.82 Å². The van der Waals surface area contributed by atoms with E-state index in [-0.39, 0.29) is 17.5 Å². The Morgan fingerprint density at radius 1 is 0.960 bits per heavy atom. The van der Waals surface area contributed by atoms with Crippen LogP contribution in [0.25, 0.3) is 22.3 Å². The van der Waals surface area contributed by atoms with E-state index in [0.717, 1.165) is 5.56 Å². The second kappa shape index (κ2) is 6.08. The molecule has 0 spiro atoms. The summed E-state index contributed by atoms with van der Waals surface area (Å²) in [4.78, 5) is 26.8. The summed E-state index contributed by atoms with van der Waals surface area (Å²) >= 11 is 0. The number of ketones is 1. The molecule has 126 valence electrons. The lowest BCUT2D eigenvalue weighted by atomic mass is 10.1. The molecule has 6 nitrogen and oxygen atoms in total. The molecule has 1 aliphatic rings. The molecule has 25 heavy (non-hydrogen) atoms. The molecule has 2 N–H and O–H groups in total. The molecule has 3 aromatic rings. The molecule has 7 heteroatoms. The van der Waals surface area contributed by atoms with Crippen LogP contribution in [0.4, 0.5) is 16.2 Å². The van der Waals surface area contributed by atoms with E-state index in [1.165, 1.54) is 12.1 Å². The highest BCUT2D eigenvalue weighted by Crippen LogP contribution is 2.28. The minimum Gasteiger partial charge on any atom is -0.368 e. The number of Topliss-reactive ketones (excluding diaryl/α,β-unsaturated/α-hetero) is 1. The van der Waals surface area contributed by atoms with E-state index in [2.05, 4.69) is 15.0 Å². The Bertz CT molecular complexity index is 948. The number of pyridine rings is 1. The van der Waals surface area contributed by atoms with Gasteiger partial charge >= 0.3 is 0 Å². The van der Waals surface area contributed by atoms with Crippen LogP contribution >= 0.6 is 0 Å². The average Bonchev–Trinajstić information content (AvgIpc) is 2.62. The molecule has 1 aliphatic heterocycles. The standard InChI is InChI=1S/C18H16FN5O/c19-12-3-1-11(2-4-12)14-5-6-15-16(21-14)17(23-18(20)22-15)24-9-7-13(25)8-10-24/h1-6H,7-10H2,(H2,20,22,23). The molecular formula is C18H16FN5O. The molecule has 0 amide bonds. The number of rotatable bonds is 2. The zero-order valence-electron chi connectivity index (χ0n) is 13.4. The largest absolute Gasteiger partial charge is 0.368 e. The smallest absolute Gasteiger partial charge is 0.222 e. The Morgan fingerprint density at radius 3 is 2.40 bits per heavy atom. The maximum Gasteiger partial charge on any atom is 0.222 e.